The third-order valence-electron chi connectivity index (χ3n) is 3.92. The molecule has 2 fully saturated rings. The summed E-state index contributed by atoms with van der Waals surface area (Å²) < 4.78 is 15.6. The van der Waals surface area contributed by atoms with E-state index in [1.807, 2.05) is 20.8 Å². The van der Waals surface area contributed by atoms with Crippen LogP contribution in [0, 0.1) is 0 Å². The number of methoxy groups -OCH3 is 1. The van der Waals surface area contributed by atoms with E-state index in [9.17, 15) is 9.59 Å². The highest BCUT2D eigenvalue weighted by Gasteiger charge is 2.36. The van der Waals surface area contributed by atoms with Crippen molar-refractivity contribution in [2.24, 2.45) is 0 Å². The zero-order chi connectivity index (χ0) is 16.3. The molecule has 0 aromatic carbocycles. The predicted octanol–water partition coefficient (Wildman–Crippen LogP) is 0.870. The smallest absolute Gasteiger partial charge is 0.410 e. The average molecular weight is 314 g/mol. The molecule has 22 heavy (non-hydrogen) atoms. The Labute approximate surface area is 131 Å². The van der Waals surface area contributed by atoms with E-state index in [4.69, 9.17) is 14.2 Å². The topological polar surface area (TPSA) is 68.3 Å². The minimum atomic E-state index is -0.471. The Morgan fingerprint density at radius 3 is 2.32 bits per heavy atom. The van der Waals surface area contributed by atoms with Crippen molar-refractivity contribution < 1.29 is 23.8 Å². The summed E-state index contributed by atoms with van der Waals surface area (Å²) in [5, 5.41) is 0. The summed E-state index contributed by atoms with van der Waals surface area (Å²) in [6.07, 6.45) is -0.0693. The molecule has 2 unspecified atom stereocenters. The van der Waals surface area contributed by atoms with E-state index in [1.165, 1.54) is 7.11 Å². The number of carbonyl (C=O) groups excluding carboxylic acids is 2. The number of hydrogen-bond acceptors (Lipinski definition) is 6. The summed E-state index contributed by atoms with van der Waals surface area (Å²) in [6.45, 7) is 8.93. The highest BCUT2D eigenvalue weighted by atomic mass is 16.6. The van der Waals surface area contributed by atoms with Crippen LogP contribution in [-0.4, -0.2) is 79.5 Å². The average Bonchev–Trinajstić information content (AvgIpc) is 2.94. The second-order valence-electron chi connectivity index (χ2n) is 6.74. The largest absolute Gasteiger partial charge is 0.467 e. The summed E-state index contributed by atoms with van der Waals surface area (Å²) in [7, 11) is 1.37. The first-order valence-electron chi connectivity index (χ1n) is 7.71. The van der Waals surface area contributed by atoms with Gasteiger partial charge in [0.15, 0.2) is 6.10 Å². The maximum absolute atomic E-state index is 12.0. The summed E-state index contributed by atoms with van der Waals surface area (Å²) >= 11 is 0. The van der Waals surface area contributed by atoms with Crippen LogP contribution in [0.25, 0.3) is 0 Å². The highest BCUT2D eigenvalue weighted by Crippen LogP contribution is 2.21. The fourth-order valence-electron chi connectivity index (χ4n) is 2.76. The van der Waals surface area contributed by atoms with E-state index in [0.717, 1.165) is 13.1 Å². The van der Waals surface area contributed by atoms with E-state index < -0.39 is 11.7 Å². The molecule has 2 rings (SSSR count). The minimum absolute atomic E-state index is 0.213. The van der Waals surface area contributed by atoms with E-state index in [-0.39, 0.29) is 18.1 Å². The zero-order valence-electron chi connectivity index (χ0n) is 13.8. The van der Waals surface area contributed by atoms with E-state index in [2.05, 4.69) is 4.90 Å². The Hall–Kier alpha value is -1.34. The minimum Gasteiger partial charge on any atom is -0.467 e. The Morgan fingerprint density at radius 1 is 1.14 bits per heavy atom. The first kappa shape index (κ1) is 17.0. The second kappa shape index (κ2) is 6.83. The molecule has 0 aliphatic carbocycles. The van der Waals surface area contributed by atoms with E-state index in [0.29, 0.717) is 26.1 Å². The lowest BCUT2D eigenvalue weighted by molar-refractivity contribution is -0.151. The number of amides is 1. The quantitative estimate of drug-likeness (QED) is 0.705. The first-order valence-corrected chi connectivity index (χ1v) is 7.71. The maximum Gasteiger partial charge on any atom is 0.410 e. The standard InChI is InChI=1S/C15H26N2O5/c1-15(2,3)22-14(19)17-7-5-16(6-8-17)11-9-12(21-10-11)13(18)20-4/h11-12H,5-10H2,1-4H3. The first-order chi connectivity index (χ1) is 10.3. The normalized spacial score (nSPS) is 26.8. The van der Waals surface area contributed by atoms with Crippen molar-refractivity contribution in [3.05, 3.63) is 0 Å². The lowest BCUT2D eigenvalue weighted by Crippen LogP contribution is -2.53. The van der Waals surface area contributed by atoms with Crippen LogP contribution in [0.2, 0.25) is 0 Å². The molecule has 2 heterocycles. The summed E-state index contributed by atoms with van der Waals surface area (Å²) in [4.78, 5) is 27.5. The van der Waals surface area contributed by atoms with Crippen LogP contribution < -0.4 is 0 Å². The third kappa shape index (κ3) is 4.33. The molecule has 2 aliphatic rings. The van der Waals surface area contributed by atoms with Gasteiger partial charge in [0.1, 0.15) is 5.60 Å². The van der Waals surface area contributed by atoms with Gasteiger partial charge in [0, 0.05) is 38.6 Å². The summed E-state index contributed by atoms with van der Waals surface area (Å²) in [6, 6.07) is 0.213. The number of esters is 1. The molecule has 0 N–H and O–H groups in total. The van der Waals surface area contributed by atoms with Crippen LogP contribution in [-0.2, 0) is 19.0 Å². The Balaban J connectivity index is 1.78. The van der Waals surface area contributed by atoms with Crippen molar-refractivity contribution in [3.8, 4) is 0 Å². The monoisotopic (exact) mass is 314 g/mol. The molecule has 2 aliphatic heterocycles. The van der Waals surface area contributed by atoms with Gasteiger partial charge < -0.3 is 19.1 Å². The SMILES string of the molecule is COC(=O)C1CC(N2CCN(C(=O)OC(C)(C)C)CC2)CO1. The van der Waals surface area contributed by atoms with Gasteiger partial charge in [-0.05, 0) is 20.8 Å². The second-order valence-corrected chi connectivity index (χ2v) is 6.74. The van der Waals surface area contributed by atoms with Crippen LogP contribution in [0.1, 0.15) is 27.2 Å². The highest BCUT2D eigenvalue weighted by molar-refractivity contribution is 5.74. The van der Waals surface area contributed by atoms with Gasteiger partial charge in [-0.2, -0.15) is 0 Å². The molecular weight excluding hydrogens is 288 g/mol. The molecule has 0 aromatic rings. The zero-order valence-corrected chi connectivity index (χ0v) is 13.8. The molecule has 126 valence electrons. The molecule has 0 bridgehead atoms. The number of rotatable bonds is 2. The lowest BCUT2D eigenvalue weighted by Gasteiger charge is -2.37. The molecule has 0 spiro atoms. The molecule has 2 saturated heterocycles. The van der Waals surface area contributed by atoms with Crippen LogP contribution >= 0.6 is 0 Å². The number of hydrogen-bond donors (Lipinski definition) is 0. The van der Waals surface area contributed by atoms with Gasteiger partial charge in [-0.3, -0.25) is 4.90 Å². The lowest BCUT2D eigenvalue weighted by atomic mass is 10.1. The molecule has 0 saturated carbocycles. The molecule has 2 atom stereocenters. The van der Waals surface area contributed by atoms with Gasteiger partial charge in [-0.15, -0.1) is 0 Å². The van der Waals surface area contributed by atoms with Crippen molar-refractivity contribution in [2.45, 2.75) is 44.9 Å². The number of ether oxygens (including phenoxy) is 3. The summed E-state index contributed by atoms with van der Waals surface area (Å²) in [5.74, 6) is -0.310. The van der Waals surface area contributed by atoms with Gasteiger partial charge in [0.05, 0.1) is 13.7 Å². The predicted molar refractivity (Wildman–Crippen MR) is 79.5 cm³/mol. The Morgan fingerprint density at radius 2 is 1.77 bits per heavy atom. The van der Waals surface area contributed by atoms with Crippen LogP contribution in [0.4, 0.5) is 4.79 Å². The Bertz CT molecular complexity index is 413. The van der Waals surface area contributed by atoms with Crippen LogP contribution in [0.5, 0.6) is 0 Å². The Kier molecular flexibility index (Phi) is 5.28. The van der Waals surface area contributed by atoms with Crippen LogP contribution in [0.3, 0.4) is 0 Å². The number of carbonyl (C=O) groups is 2. The van der Waals surface area contributed by atoms with Crippen molar-refractivity contribution in [3.63, 3.8) is 0 Å². The van der Waals surface area contributed by atoms with Gasteiger partial charge in [0.2, 0.25) is 0 Å². The maximum atomic E-state index is 12.0. The number of piperazine rings is 1. The third-order valence-corrected chi connectivity index (χ3v) is 3.92. The van der Waals surface area contributed by atoms with Gasteiger partial charge in [-0.25, -0.2) is 9.59 Å². The fraction of sp³-hybridized carbons (Fsp3) is 0.867. The number of nitrogens with zero attached hydrogens (tertiary/aromatic N) is 2. The molecule has 1 amide bonds. The van der Waals surface area contributed by atoms with E-state index in [1.54, 1.807) is 4.90 Å². The van der Waals surface area contributed by atoms with E-state index >= 15 is 0 Å². The molecule has 7 heteroatoms. The molecule has 0 radical (unpaired) electrons. The van der Waals surface area contributed by atoms with Crippen molar-refractivity contribution in [1.29, 1.82) is 0 Å². The molecular formula is C15H26N2O5. The fourth-order valence-corrected chi connectivity index (χ4v) is 2.76. The van der Waals surface area contributed by atoms with Crippen molar-refractivity contribution in [1.82, 2.24) is 9.80 Å². The van der Waals surface area contributed by atoms with Crippen LogP contribution in [0.15, 0.2) is 0 Å². The van der Waals surface area contributed by atoms with Crippen molar-refractivity contribution in [2.75, 3.05) is 39.9 Å². The van der Waals surface area contributed by atoms with Gasteiger partial charge in [0.25, 0.3) is 0 Å². The molecule has 0 aromatic heterocycles. The van der Waals surface area contributed by atoms with Crippen molar-refractivity contribution >= 4 is 12.1 Å². The molecule has 7 nitrogen and oxygen atoms in total. The summed E-state index contributed by atoms with van der Waals surface area (Å²) in [5.41, 5.74) is -0.471. The van der Waals surface area contributed by atoms with Gasteiger partial charge in [-0.1, -0.05) is 0 Å². The van der Waals surface area contributed by atoms with Gasteiger partial charge >= 0.3 is 12.1 Å².